The number of rotatable bonds is 10. The number of sulfonamides is 1. The van der Waals surface area contributed by atoms with E-state index in [-0.39, 0.29) is 4.90 Å². The molecule has 0 spiro atoms. The summed E-state index contributed by atoms with van der Waals surface area (Å²) in [6.07, 6.45) is 3.11. The smallest absolute Gasteiger partial charge is 0.240 e. The second-order valence-corrected chi connectivity index (χ2v) is 10.7. The van der Waals surface area contributed by atoms with Crippen molar-refractivity contribution in [3.8, 4) is 17.4 Å². The maximum atomic E-state index is 12.5. The molecule has 1 aliphatic carbocycles. The van der Waals surface area contributed by atoms with Gasteiger partial charge in [0.25, 0.3) is 0 Å². The lowest BCUT2D eigenvalue weighted by molar-refractivity contribution is 0.299. The van der Waals surface area contributed by atoms with Crippen LogP contribution in [-0.4, -0.2) is 26.6 Å². The standard InChI is InChI=1S/C28H28N2O4S/c1-20-2-12-26(13-3-20)35(31,32)29-17-16-21-6-14-27-23(18-21)7-15-28(30-27)34-25-10-8-24(9-11-25)33-19-22-4-5-22/h2-3,6-15,18,22,29H,4-5,16-17,19H2,1H3. The fourth-order valence-electron chi connectivity index (χ4n) is 3.72. The molecule has 6 nitrogen and oxygen atoms in total. The van der Waals surface area contributed by atoms with Crippen molar-refractivity contribution in [3.63, 3.8) is 0 Å². The molecule has 0 amide bonds. The van der Waals surface area contributed by atoms with Crippen LogP contribution in [0.2, 0.25) is 0 Å². The van der Waals surface area contributed by atoms with Crippen LogP contribution >= 0.6 is 0 Å². The van der Waals surface area contributed by atoms with Gasteiger partial charge in [-0.05, 0) is 92.3 Å². The number of aryl methyl sites for hydroxylation is 1. The number of ether oxygens (including phenoxy) is 2. The van der Waals surface area contributed by atoms with Gasteiger partial charge in [0.1, 0.15) is 11.5 Å². The number of aromatic nitrogens is 1. The third kappa shape index (κ3) is 6.18. The summed E-state index contributed by atoms with van der Waals surface area (Å²) >= 11 is 0. The average Bonchev–Trinajstić information content (AvgIpc) is 3.68. The Labute approximate surface area is 206 Å². The SMILES string of the molecule is Cc1ccc(S(=O)(=O)NCCc2ccc3nc(Oc4ccc(OCC5CC5)cc4)ccc3c2)cc1. The van der Waals surface area contributed by atoms with Gasteiger partial charge in [0.15, 0.2) is 0 Å². The van der Waals surface area contributed by atoms with E-state index in [1.165, 1.54) is 12.8 Å². The molecule has 7 heteroatoms. The van der Waals surface area contributed by atoms with Gasteiger partial charge in [-0.2, -0.15) is 0 Å². The second kappa shape index (κ2) is 10.1. The number of hydrogen-bond acceptors (Lipinski definition) is 5. The Morgan fingerprint density at radius 1 is 0.914 bits per heavy atom. The van der Waals surface area contributed by atoms with Crippen LogP contribution in [0, 0.1) is 12.8 Å². The summed E-state index contributed by atoms with van der Waals surface area (Å²) in [5, 5.41) is 0.972. The monoisotopic (exact) mass is 488 g/mol. The lowest BCUT2D eigenvalue weighted by Crippen LogP contribution is -2.26. The number of nitrogens with one attached hydrogen (secondary N) is 1. The molecule has 180 valence electrons. The normalized spacial score (nSPS) is 13.6. The molecule has 0 radical (unpaired) electrons. The summed E-state index contributed by atoms with van der Waals surface area (Å²) in [6.45, 7) is 3.03. The molecule has 5 rings (SSSR count). The fourth-order valence-corrected chi connectivity index (χ4v) is 4.75. The van der Waals surface area contributed by atoms with Crippen LogP contribution in [0.3, 0.4) is 0 Å². The summed E-state index contributed by atoms with van der Waals surface area (Å²) < 4.78 is 39.3. The molecule has 0 unspecified atom stereocenters. The van der Waals surface area contributed by atoms with Gasteiger partial charge in [-0.15, -0.1) is 0 Å². The summed E-state index contributed by atoms with van der Waals surface area (Å²) in [6, 6.07) is 24.1. The van der Waals surface area contributed by atoms with Crippen LogP contribution in [0.15, 0.2) is 83.8 Å². The first-order chi connectivity index (χ1) is 16.9. The van der Waals surface area contributed by atoms with Gasteiger partial charge in [0, 0.05) is 18.0 Å². The Kier molecular flexibility index (Phi) is 6.70. The maximum Gasteiger partial charge on any atom is 0.240 e. The Morgan fingerprint density at radius 2 is 1.66 bits per heavy atom. The van der Waals surface area contributed by atoms with Crippen molar-refractivity contribution in [2.24, 2.45) is 5.92 Å². The van der Waals surface area contributed by atoms with Crippen molar-refractivity contribution in [1.29, 1.82) is 0 Å². The molecule has 1 aromatic heterocycles. The molecule has 0 saturated heterocycles. The van der Waals surface area contributed by atoms with E-state index in [0.717, 1.165) is 40.3 Å². The van der Waals surface area contributed by atoms with Crippen LogP contribution in [0.5, 0.6) is 17.4 Å². The van der Waals surface area contributed by atoms with Crippen LogP contribution < -0.4 is 14.2 Å². The van der Waals surface area contributed by atoms with E-state index in [1.54, 1.807) is 24.3 Å². The minimum Gasteiger partial charge on any atom is -0.493 e. The molecule has 0 atom stereocenters. The summed E-state index contributed by atoms with van der Waals surface area (Å²) in [5.74, 6) is 2.79. The average molecular weight is 489 g/mol. The Hall–Kier alpha value is -3.42. The highest BCUT2D eigenvalue weighted by Crippen LogP contribution is 2.30. The lowest BCUT2D eigenvalue weighted by atomic mass is 10.1. The Morgan fingerprint density at radius 3 is 2.40 bits per heavy atom. The highest BCUT2D eigenvalue weighted by molar-refractivity contribution is 7.89. The van der Waals surface area contributed by atoms with E-state index in [9.17, 15) is 8.42 Å². The molecular weight excluding hydrogens is 460 g/mol. The van der Waals surface area contributed by atoms with Gasteiger partial charge in [0.05, 0.1) is 17.0 Å². The van der Waals surface area contributed by atoms with E-state index in [2.05, 4.69) is 9.71 Å². The Balaban J connectivity index is 1.18. The topological polar surface area (TPSA) is 77.5 Å². The quantitative estimate of drug-likeness (QED) is 0.312. The molecule has 1 aliphatic rings. The highest BCUT2D eigenvalue weighted by atomic mass is 32.2. The number of hydrogen-bond donors (Lipinski definition) is 1. The van der Waals surface area contributed by atoms with Crippen LogP contribution in [0.25, 0.3) is 10.9 Å². The largest absolute Gasteiger partial charge is 0.493 e. The third-order valence-electron chi connectivity index (χ3n) is 5.99. The van der Waals surface area contributed by atoms with E-state index >= 15 is 0 Å². The summed E-state index contributed by atoms with van der Waals surface area (Å²) in [7, 11) is -3.52. The molecule has 0 aliphatic heterocycles. The van der Waals surface area contributed by atoms with Gasteiger partial charge >= 0.3 is 0 Å². The molecule has 3 aromatic carbocycles. The first-order valence-electron chi connectivity index (χ1n) is 11.8. The van der Waals surface area contributed by atoms with Gasteiger partial charge in [-0.1, -0.05) is 23.8 Å². The zero-order chi connectivity index (χ0) is 24.3. The predicted octanol–water partition coefficient (Wildman–Crippen LogP) is 5.65. The molecule has 4 aromatic rings. The van der Waals surface area contributed by atoms with Gasteiger partial charge in [-0.3, -0.25) is 0 Å². The summed E-state index contributed by atoms with van der Waals surface area (Å²) in [5.41, 5.74) is 2.87. The van der Waals surface area contributed by atoms with Crippen LogP contribution in [0.4, 0.5) is 0 Å². The molecule has 1 saturated carbocycles. The zero-order valence-electron chi connectivity index (χ0n) is 19.6. The maximum absolute atomic E-state index is 12.5. The molecule has 0 bridgehead atoms. The third-order valence-corrected chi connectivity index (χ3v) is 7.47. The fraction of sp³-hybridized carbons (Fsp3) is 0.250. The zero-order valence-corrected chi connectivity index (χ0v) is 20.4. The number of benzene rings is 3. The Bertz CT molecular complexity index is 1410. The van der Waals surface area contributed by atoms with Crippen molar-refractivity contribution in [1.82, 2.24) is 9.71 Å². The van der Waals surface area contributed by atoms with Gasteiger partial charge < -0.3 is 9.47 Å². The predicted molar refractivity (Wildman–Crippen MR) is 137 cm³/mol. The molecule has 1 N–H and O–H groups in total. The minimum atomic E-state index is -3.52. The summed E-state index contributed by atoms with van der Waals surface area (Å²) in [4.78, 5) is 4.88. The minimum absolute atomic E-state index is 0.277. The molecule has 1 heterocycles. The first-order valence-corrected chi connectivity index (χ1v) is 13.3. The number of nitrogens with zero attached hydrogens (tertiary/aromatic N) is 1. The van der Waals surface area contributed by atoms with E-state index in [4.69, 9.17) is 9.47 Å². The van der Waals surface area contributed by atoms with Crippen molar-refractivity contribution < 1.29 is 17.9 Å². The van der Waals surface area contributed by atoms with E-state index < -0.39 is 10.0 Å². The molecule has 35 heavy (non-hydrogen) atoms. The van der Waals surface area contributed by atoms with Crippen molar-refractivity contribution in [3.05, 3.63) is 90.0 Å². The number of fused-ring (bicyclic) bond motifs is 1. The van der Waals surface area contributed by atoms with E-state index in [0.29, 0.717) is 24.6 Å². The van der Waals surface area contributed by atoms with Crippen molar-refractivity contribution in [2.75, 3.05) is 13.2 Å². The van der Waals surface area contributed by atoms with Crippen LogP contribution in [-0.2, 0) is 16.4 Å². The number of pyridine rings is 1. The van der Waals surface area contributed by atoms with Gasteiger partial charge in [-0.25, -0.2) is 18.1 Å². The van der Waals surface area contributed by atoms with Crippen molar-refractivity contribution >= 4 is 20.9 Å². The first kappa shape index (κ1) is 23.3. The van der Waals surface area contributed by atoms with Crippen LogP contribution in [0.1, 0.15) is 24.0 Å². The van der Waals surface area contributed by atoms with Gasteiger partial charge in [0.2, 0.25) is 15.9 Å². The lowest BCUT2D eigenvalue weighted by Gasteiger charge is -2.09. The second-order valence-electron chi connectivity index (χ2n) is 8.97. The molecule has 1 fully saturated rings. The van der Waals surface area contributed by atoms with Crippen molar-refractivity contribution in [2.45, 2.75) is 31.1 Å². The highest BCUT2D eigenvalue weighted by Gasteiger charge is 2.21. The molecular formula is C28H28N2O4S. The van der Waals surface area contributed by atoms with E-state index in [1.807, 2.05) is 61.5 Å².